The van der Waals surface area contributed by atoms with Crippen molar-refractivity contribution in [1.82, 2.24) is 0 Å². The van der Waals surface area contributed by atoms with Crippen molar-refractivity contribution in [3.63, 3.8) is 0 Å². The van der Waals surface area contributed by atoms with Crippen molar-refractivity contribution >= 4 is 0 Å². The van der Waals surface area contributed by atoms with Gasteiger partial charge < -0.3 is 9.84 Å². The van der Waals surface area contributed by atoms with E-state index in [1.54, 1.807) is 13.0 Å². The molecule has 0 aromatic rings. The summed E-state index contributed by atoms with van der Waals surface area (Å²) in [5.74, 6) is -1.02. The molecule has 0 spiro atoms. The van der Waals surface area contributed by atoms with E-state index in [-0.39, 0.29) is 6.10 Å². The van der Waals surface area contributed by atoms with Crippen LogP contribution >= 0.6 is 0 Å². The first-order chi connectivity index (χ1) is 4.01. The molecule has 2 unspecified atom stereocenters. The van der Waals surface area contributed by atoms with Crippen LogP contribution in [0.2, 0.25) is 0 Å². The van der Waals surface area contributed by atoms with Crippen molar-refractivity contribution in [2.24, 2.45) is 0 Å². The number of hydrogen-bond donors (Lipinski definition) is 1. The first kappa shape index (κ1) is 6.78. The Labute approximate surface area is 55.1 Å². The molecule has 2 nitrogen and oxygen atoms in total. The second-order valence-corrected chi connectivity index (χ2v) is 2.70. The number of aliphatic hydroxyl groups is 1. The van der Waals surface area contributed by atoms with Crippen molar-refractivity contribution in [2.45, 2.75) is 32.7 Å². The fraction of sp³-hybridized carbons (Fsp3) is 0.714. The van der Waals surface area contributed by atoms with E-state index in [0.717, 1.165) is 5.57 Å². The minimum absolute atomic E-state index is 0.0694. The van der Waals surface area contributed by atoms with Crippen molar-refractivity contribution < 1.29 is 9.84 Å². The molecule has 0 amide bonds. The molecule has 1 heterocycles. The Morgan fingerprint density at radius 3 is 2.44 bits per heavy atom. The Kier molecular flexibility index (Phi) is 1.37. The van der Waals surface area contributed by atoms with Crippen molar-refractivity contribution in [3.8, 4) is 0 Å². The lowest BCUT2D eigenvalue weighted by molar-refractivity contribution is -0.154. The second-order valence-electron chi connectivity index (χ2n) is 2.70. The smallest absolute Gasteiger partial charge is 0.183 e. The summed E-state index contributed by atoms with van der Waals surface area (Å²) in [6.07, 6.45) is 1.80. The van der Waals surface area contributed by atoms with Gasteiger partial charge in [-0.25, -0.2) is 0 Å². The fourth-order valence-corrected chi connectivity index (χ4v) is 1.02. The topological polar surface area (TPSA) is 29.5 Å². The lowest BCUT2D eigenvalue weighted by Crippen LogP contribution is -2.23. The SMILES string of the molecule is CC1=CC(C)(O)OC1C. The average molecular weight is 128 g/mol. The maximum Gasteiger partial charge on any atom is 0.183 e. The number of hydrogen-bond acceptors (Lipinski definition) is 2. The highest BCUT2D eigenvalue weighted by atomic mass is 16.6. The molecule has 1 N–H and O–H groups in total. The molecular weight excluding hydrogens is 116 g/mol. The highest BCUT2D eigenvalue weighted by Gasteiger charge is 2.28. The van der Waals surface area contributed by atoms with Crippen LogP contribution in [0.4, 0.5) is 0 Å². The second kappa shape index (κ2) is 1.82. The molecule has 1 aliphatic rings. The van der Waals surface area contributed by atoms with Gasteiger partial charge in [-0.15, -0.1) is 0 Å². The van der Waals surface area contributed by atoms with Gasteiger partial charge in [0.15, 0.2) is 5.79 Å². The van der Waals surface area contributed by atoms with E-state index in [1.807, 2.05) is 13.8 Å². The normalized spacial score (nSPS) is 43.1. The Morgan fingerprint density at radius 1 is 1.78 bits per heavy atom. The lowest BCUT2D eigenvalue weighted by Gasteiger charge is -2.15. The molecule has 0 fully saturated rings. The zero-order valence-corrected chi connectivity index (χ0v) is 6.01. The van der Waals surface area contributed by atoms with E-state index in [2.05, 4.69) is 0 Å². The summed E-state index contributed by atoms with van der Waals surface area (Å²) in [6, 6.07) is 0. The molecule has 0 saturated heterocycles. The van der Waals surface area contributed by atoms with E-state index in [9.17, 15) is 5.11 Å². The van der Waals surface area contributed by atoms with Crippen molar-refractivity contribution in [2.75, 3.05) is 0 Å². The molecule has 0 aromatic heterocycles. The Hall–Kier alpha value is -0.340. The van der Waals surface area contributed by atoms with Crippen LogP contribution in [-0.4, -0.2) is 17.0 Å². The van der Waals surface area contributed by atoms with Gasteiger partial charge in [0.25, 0.3) is 0 Å². The third kappa shape index (κ3) is 1.32. The van der Waals surface area contributed by atoms with Crippen LogP contribution in [0.3, 0.4) is 0 Å². The van der Waals surface area contributed by atoms with Gasteiger partial charge in [-0.1, -0.05) is 0 Å². The molecule has 9 heavy (non-hydrogen) atoms. The van der Waals surface area contributed by atoms with Crippen LogP contribution in [-0.2, 0) is 4.74 Å². The molecule has 0 radical (unpaired) electrons. The average Bonchev–Trinajstić information content (AvgIpc) is 1.79. The highest BCUT2D eigenvalue weighted by molar-refractivity contribution is 5.14. The Balaban J connectivity index is 2.74. The predicted octanol–water partition coefficient (Wildman–Crippen LogP) is 1.06. The van der Waals surface area contributed by atoms with Gasteiger partial charge in [0, 0.05) is 0 Å². The maximum atomic E-state index is 9.24. The van der Waals surface area contributed by atoms with E-state index in [1.165, 1.54) is 0 Å². The molecule has 52 valence electrons. The fourth-order valence-electron chi connectivity index (χ4n) is 1.02. The molecule has 0 saturated carbocycles. The predicted molar refractivity (Wildman–Crippen MR) is 34.9 cm³/mol. The van der Waals surface area contributed by atoms with E-state index in [0.29, 0.717) is 0 Å². The molecule has 0 aromatic carbocycles. The highest BCUT2D eigenvalue weighted by Crippen LogP contribution is 2.25. The lowest BCUT2D eigenvalue weighted by atomic mass is 10.2. The summed E-state index contributed by atoms with van der Waals surface area (Å²) in [5, 5.41) is 9.24. The largest absolute Gasteiger partial charge is 0.362 e. The van der Waals surface area contributed by atoms with Gasteiger partial charge in [0.2, 0.25) is 0 Å². The first-order valence-corrected chi connectivity index (χ1v) is 3.11. The van der Waals surface area contributed by atoms with Crippen molar-refractivity contribution in [1.29, 1.82) is 0 Å². The van der Waals surface area contributed by atoms with Crippen LogP contribution in [0, 0.1) is 0 Å². The van der Waals surface area contributed by atoms with Gasteiger partial charge in [0.1, 0.15) is 0 Å². The van der Waals surface area contributed by atoms with Crippen LogP contribution in [0.5, 0.6) is 0 Å². The van der Waals surface area contributed by atoms with E-state index < -0.39 is 5.79 Å². The van der Waals surface area contributed by atoms with Crippen LogP contribution in [0.25, 0.3) is 0 Å². The summed E-state index contributed by atoms with van der Waals surface area (Å²) in [4.78, 5) is 0. The monoisotopic (exact) mass is 128 g/mol. The molecule has 2 atom stereocenters. The molecule has 1 rings (SSSR count). The molecule has 2 heteroatoms. The Morgan fingerprint density at radius 2 is 2.33 bits per heavy atom. The zero-order valence-electron chi connectivity index (χ0n) is 6.01. The molecule has 0 bridgehead atoms. The summed E-state index contributed by atoms with van der Waals surface area (Å²) in [6.45, 7) is 5.51. The molecule has 1 aliphatic heterocycles. The third-order valence-corrected chi connectivity index (χ3v) is 1.55. The summed E-state index contributed by atoms with van der Waals surface area (Å²) in [5.41, 5.74) is 1.10. The van der Waals surface area contributed by atoms with Gasteiger partial charge in [-0.3, -0.25) is 0 Å². The zero-order chi connectivity index (χ0) is 7.07. The standard InChI is InChI=1S/C7H12O2/c1-5-4-7(3,8)9-6(5)2/h4,6,8H,1-3H3. The number of ether oxygens (including phenoxy) is 1. The quantitative estimate of drug-likeness (QED) is 0.494. The number of rotatable bonds is 0. The van der Waals surface area contributed by atoms with Crippen LogP contribution in [0.15, 0.2) is 11.6 Å². The minimum atomic E-state index is -1.02. The van der Waals surface area contributed by atoms with E-state index >= 15 is 0 Å². The minimum Gasteiger partial charge on any atom is -0.362 e. The Bertz CT molecular complexity index is 147. The van der Waals surface area contributed by atoms with E-state index in [4.69, 9.17) is 4.74 Å². The molecular formula is C7H12O2. The van der Waals surface area contributed by atoms with Gasteiger partial charge in [-0.2, -0.15) is 0 Å². The third-order valence-electron chi connectivity index (χ3n) is 1.55. The van der Waals surface area contributed by atoms with Crippen molar-refractivity contribution in [3.05, 3.63) is 11.6 Å². The van der Waals surface area contributed by atoms with Gasteiger partial charge >= 0.3 is 0 Å². The maximum absolute atomic E-state index is 9.24. The van der Waals surface area contributed by atoms with Gasteiger partial charge in [0.05, 0.1) is 6.10 Å². The summed E-state index contributed by atoms with van der Waals surface area (Å²) in [7, 11) is 0. The van der Waals surface area contributed by atoms with Crippen LogP contribution in [0.1, 0.15) is 20.8 Å². The summed E-state index contributed by atoms with van der Waals surface area (Å²) >= 11 is 0. The molecule has 0 aliphatic carbocycles. The van der Waals surface area contributed by atoms with Crippen LogP contribution < -0.4 is 0 Å². The summed E-state index contributed by atoms with van der Waals surface area (Å²) < 4.78 is 5.12. The van der Waals surface area contributed by atoms with Gasteiger partial charge in [-0.05, 0) is 32.4 Å². The first-order valence-electron chi connectivity index (χ1n) is 3.11.